The molecule has 2 N–H and O–H groups in total. The van der Waals surface area contributed by atoms with E-state index in [1.165, 1.54) is 31.2 Å². The minimum Gasteiger partial charge on any atom is -0.493 e. The molecule has 40 heavy (non-hydrogen) atoms. The molecule has 1 unspecified atom stereocenters. The van der Waals surface area contributed by atoms with Gasteiger partial charge in [-0.2, -0.15) is 13.2 Å². The van der Waals surface area contributed by atoms with Crippen molar-refractivity contribution in [2.75, 3.05) is 25.0 Å². The van der Waals surface area contributed by atoms with Crippen LogP contribution in [0.4, 0.5) is 24.7 Å². The number of benzene rings is 1. The Bertz CT molecular complexity index is 1480. The number of alkyl halides is 3. The zero-order valence-corrected chi connectivity index (χ0v) is 22.8. The van der Waals surface area contributed by atoms with E-state index in [0.29, 0.717) is 23.5 Å². The number of rotatable bonds is 8. The predicted octanol–water partition coefficient (Wildman–Crippen LogP) is 6.92. The van der Waals surface area contributed by atoms with Gasteiger partial charge in [0.15, 0.2) is 5.82 Å². The summed E-state index contributed by atoms with van der Waals surface area (Å²) in [6.07, 6.45) is 2.87. The SMILES string of the molecule is CC(C)(C)c1ccc(Nc2ncnc3cc(-c4ncccc4C(F)(F)F)cnc23)cc1OCCCC1CCNC1. The van der Waals surface area contributed by atoms with Crippen LogP contribution in [0.1, 0.15) is 51.2 Å². The lowest BCUT2D eigenvalue weighted by atomic mass is 9.86. The molecule has 10 heteroatoms. The summed E-state index contributed by atoms with van der Waals surface area (Å²) in [5.41, 5.74) is 1.80. The first-order valence-electron chi connectivity index (χ1n) is 13.5. The van der Waals surface area contributed by atoms with Gasteiger partial charge in [-0.1, -0.05) is 26.8 Å². The Balaban J connectivity index is 1.39. The second-order valence-electron chi connectivity index (χ2n) is 11.1. The Hall–Kier alpha value is -3.79. The Labute approximate surface area is 231 Å². The van der Waals surface area contributed by atoms with Gasteiger partial charge in [0.25, 0.3) is 0 Å². The lowest BCUT2D eigenvalue weighted by Gasteiger charge is -2.24. The number of aromatic nitrogens is 4. The largest absolute Gasteiger partial charge is 0.493 e. The van der Waals surface area contributed by atoms with E-state index in [9.17, 15) is 13.2 Å². The summed E-state index contributed by atoms with van der Waals surface area (Å²) in [7, 11) is 0. The summed E-state index contributed by atoms with van der Waals surface area (Å²) in [6.45, 7) is 9.27. The fraction of sp³-hybridized carbons (Fsp3) is 0.400. The van der Waals surface area contributed by atoms with Gasteiger partial charge in [0.2, 0.25) is 0 Å². The first kappa shape index (κ1) is 27.8. The molecular formula is C30H33F3N6O. The van der Waals surface area contributed by atoms with E-state index in [2.05, 4.69) is 51.3 Å². The quantitative estimate of drug-likeness (QED) is 0.231. The highest BCUT2D eigenvalue weighted by Gasteiger charge is 2.34. The number of pyridine rings is 2. The second-order valence-corrected chi connectivity index (χ2v) is 11.1. The number of ether oxygens (including phenoxy) is 1. The Morgan fingerprint density at radius 3 is 2.62 bits per heavy atom. The third-order valence-corrected chi connectivity index (χ3v) is 7.09. The number of anilines is 2. The molecule has 4 heterocycles. The maximum atomic E-state index is 13.5. The summed E-state index contributed by atoms with van der Waals surface area (Å²) in [4.78, 5) is 17.0. The predicted molar refractivity (Wildman–Crippen MR) is 150 cm³/mol. The molecule has 5 rings (SSSR count). The second kappa shape index (κ2) is 11.4. The van der Waals surface area contributed by atoms with Crippen molar-refractivity contribution in [3.63, 3.8) is 0 Å². The molecule has 1 saturated heterocycles. The average molecular weight is 551 g/mol. The van der Waals surface area contributed by atoms with Gasteiger partial charge in [-0.3, -0.25) is 4.98 Å². The Morgan fingerprint density at radius 1 is 1.02 bits per heavy atom. The monoisotopic (exact) mass is 550 g/mol. The maximum Gasteiger partial charge on any atom is 0.418 e. The van der Waals surface area contributed by atoms with Crippen molar-refractivity contribution in [2.45, 2.75) is 51.6 Å². The summed E-state index contributed by atoms with van der Waals surface area (Å²) >= 11 is 0. The highest BCUT2D eigenvalue weighted by atomic mass is 19.4. The van der Waals surface area contributed by atoms with Crippen molar-refractivity contribution in [1.82, 2.24) is 25.3 Å². The normalized spacial score (nSPS) is 15.9. The third kappa shape index (κ3) is 6.33. The molecule has 1 aliphatic rings. The number of nitrogens with zero attached hydrogens (tertiary/aromatic N) is 4. The molecule has 1 aromatic carbocycles. The lowest BCUT2D eigenvalue weighted by molar-refractivity contribution is -0.137. The van der Waals surface area contributed by atoms with Crippen LogP contribution in [0.5, 0.6) is 5.75 Å². The molecule has 4 aromatic rings. The molecule has 0 saturated carbocycles. The molecule has 7 nitrogen and oxygen atoms in total. The standard InChI is InChI=1S/C30H33F3N6O/c1-29(2,3)22-9-8-21(15-25(22)40-13-5-6-19-10-12-34-16-19)39-28-27-24(37-18-38-28)14-20(17-36-27)26-23(30(31,32)33)7-4-11-35-26/h4,7-9,11,14-15,17-19,34H,5-6,10,12-13,16H2,1-3H3,(H,37,38,39). The zero-order chi connectivity index (χ0) is 28.3. The summed E-state index contributed by atoms with van der Waals surface area (Å²) in [5, 5.41) is 6.71. The van der Waals surface area contributed by atoms with E-state index in [4.69, 9.17) is 4.74 Å². The molecular weight excluding hydrogens is 517 g/mol. The lowest BCUT2D eigenvalue weighted by Crippen LogP contribution is -2.15. The molecule has 1 fully saturated rings. The fourth-order valence-electron chi connectivity index (χ4n) is 5.02. The number of hydrogen-bond donors (Lipinski definition) is 2. The number of hydrogen-bond acceptors (Lipinski definition) is 7. The van der Waals surface area contributed by atoms with Crippen molar-refractivity contribution in [2.24, 2.45) is 5.92 Å². The molecule has 1 aliphatic heterocycles. The summed E-state index contributed by atoms with van der Waals surface area (Å²) in [6, 6.07) is 9.79. The highest BCUT2D eigenvalue weighted by Crippen LogP contribution is 2.37. The Kier molecular flexibility index (Phi) is 7.89. The molecule has 3 aromatic heterocycles. The van der Waals surface area contributed by atoms with Gasteiger partial charge in [0.05, 0.1) is 23.4 Å². The van der Waals surface area contributed by atoms with Crippen LogP contribution in [0.2, 0.25) is 0 Å². The van der Waals surface area contributed by atoms with Gasteiger partial charge in [0, 0.05) is 29.7 Å². The fourth-order valence-corrected chi connectivity index (χ4v) is 5.02. The van der Waals surface area contributed by atoms with Crippen molar-refractivity contribution in [1.29, 1.82) is 0 Å². The summed E-state index contributed by atoms with van der Waals surface area (Å²) < 4.78 is 46.9. The number of halogens is 3. The van der Waals surface area contributed by atoms with Crippen molar-refractivity contribution < 1.29 is 17.9 Å². The van der Waals surface area contributed by atoms with Crippen LogP contribution in [-0.2, 0) is 11.6 Å². The van der Waals surface area contributed by atoms with E-state index in [1.54, 1.807) is 6.07 Å². The van der Waals surface area contributed by atoms with Crippen LogP contribution in [0.3, 0.4) is 0 Å². The molecule has 0 radical (unpaired) electrons. The van der Waals surface area contributed by atoms with Crippen LogP contribution < -0.4 is 15.4 Å². The van der Waals surface area contributed by atoms with Crippen LogP contribution in [-0.4, -0.2) is 39.6 Å². The van der Waals surface area contributed by atoms with Crippen molar-refractivity contribution >= 4 is 22.5 Å². The van der Waals surface area contributed by atoms with E-state index in [0.717, 1.165) is 54.9 Å². The molecule has 0 aliphatic carbocycles. The van der Waals surface area contributed by atoms with Gasteiger partial charge in [-0.05, 0) is 73.5 Å². The Morgan fingerprint density at radius 2 is 1.88 bits per heavy atom. The molecule has 210 valence electrons. The van der Waals surface area contributed by atoms with E-state index < -0.39 is 11.7 Å². The van der Waals surface area contributed by atoms with Crippen LogP contribution in [0.15, 0.2) is 55.1 Å². The molecule has 0 bridgehead atoms. The van der Waals surface area contributed by atoms with Crippen LogP contribution in [0, 0.1) is 5.92 Å². The number of nitrogens with one attached hydrogen (secondary N) is 2. The summed E-state index contributed by atoms with van der Waals surface area (Å²) in [5.74, 6) is 1.97. The first-order valence-corrected chi connectivity index (χ1v) is 13.5. The minimum absolute atomic E-state index is 0.108. The zero-order valence-electron chi connectivity index (χ0n) is 22.8. The third-order valence-electron chi connectivity index (χ3n) is 7.09. The highest BCUT2D eigenvalue weighted by molar-refractivity contribution is 5.89. The van der Waals surface area contributed by atoms with E-state index >= 15 is 0 Å². The topological polar surface area (TPSA) is 84.9 Å². The van der Waals surface area contributed by atoms with E-state index in [1.807, 2.05) is 18.2 Å². The maximum absolute atomic E-state index is 13.5. The number of fused-ring (bicyclic) bond motifs is 1. The first-order chi connectivity index (χ1) is 19.1. The molecule has 0 amide bonds. The van der Waals surface area contributed by atoms with Crippen molar-refractivity contribution in [3.05, 3.63) is 66.2 Å². The van der Waals surface area contributed by atoms with E-state index in [-0.39, 0.29) is 16.7 Å². The molecule has 1 atom stereocenters. The average Bonchev–Trinajstić information content (AvgIpc) is 3.44. The van der Waals surface area contributed by atoms with Crippen molar-refractivity contribution in [3.8, 4) is 17.0 Å². The van der Waals surface area contributed by atoms with Gasteiger partial charge in [-0.25, -0.2) is 15.0 Å². The van der Waals surface area contributed by atoms with Gasteiger partial charge in [0.1, 0.15) is 17.6 Å². The van der Waals surface area contributed by atoms with Gasteiger partial charge < -0.3 is 15.4 Å². The van der Waals surface area contributed by atoms with Crippen LogP contribution in [0.25, 0.3) is 22.3 Å². The smallest absolute Gasteiger partial charge is 0.418 e. The van der Waals surface area contributed by atoms with Gasteiger partial charge >= 0.3 is 6.18 Å². The minimum atomic E-state index is -4.54. The molecule has 0 spiro atoms. The van der Waals surface area contributed by atoms with Crippen LogP contribution >= 0.6 is 0 Å². The van der Waals surface area contributed by atoms with Gasteiger partial charge in [-0.15, -0.1) is 0 Å².